The van der Waals surface area contributed by atoms with Gasteiger partial charge in [0.05, 0.1) is 16.9 Å². The minimum Gasteiger partial charge on any atom is -0.370 e. The number of hydrogen-bond acceptors (Lipinski definition) is 2. The molecular weight excluding hydrogens is 233 g/mol. The number of carbonyl (C=O) groups excluding carboxylic acids is 1. The van der Waals surface area contributed by atoms with Crippen molar-refractivity contribution in [1.29, 1.82) is 0 Å². The van der Waals surface area contributed by atoms with Crippen LogP contribution in [0.15, 0.2) is 18.2 Å². The van der Waals surface area contributed by atoms with Crippen LogP contribution in [0.4, 0.5) is 24.5 Å². The molecule has 17 heavy (non-hydrogen) atoms. The van der Waals surface area contributed by atoms with Crippen molar-refractivity contribution in [3.8, 4) is 0 Å². The highest BCUT2D eigenvalue weighted by atomic mass is 19.4. The van der Waals surface area contributed by atoms with Gasteiger partial charge in [-0.05, 0) is 25.0 Å². The third kappa shape index (κ3) is 1.47. The molecule has 2 aliphatic rings. The van der Waals surface area contributed by atoms with Gasteiger partial charge >= 0.3 is 6.18 Å². The molecule has 0 saturated heterocycles. The van der Waals surface area contributed by atoms with Gasteiger partial charge < -0.3 is 10.6 Å². The first-order valence-electron chi connectivity index (χ1n) is 5.22. The summed E-state index contributed by atoms with van der Waals surface area (Å²) >= 11 is 0. The van der Waals surface area contributed by atoms with Gasteiger partial charge in [-0.25, -0.2) is 0 Å². The van der Waals surface area contributed by atoms with Crippen LogP contribution in [-0.2, 0) is 11.0 Å². The number of benzene rings is 1. The number of nitrogens with one attached hydrogen (secondary N) is 2. The molecule has 1 aromatic carbocycles. The Balaban J connectivity index is 2.10. The first kappa shape index (κ1) is 10.4. The van der Waals surface area contributed by atoms with E-state index in [2.05, 4.69) is 10.6 Å². The maximum Gasteiger partial charge on any atom is 0.418 e. The minimum atomic E-state index is -4.46. The summed E-state index contributed by atoms with van der Waals surface area (Å²) in [6.45, 7) is 0. The van der Waals surface area contributed by atoms with Crippen LogP contribution >= 0.6 is 0 Å². The molecule has 0 aromatic heterocycles. The number of amides is 1. The molecule has 1 aliphatic heterocycles. The number of para-hydroxylation sites is 1. The van der Waals surface area contributed by atoms with Gasteiger partial charge in [-0.15, -0.1) is 0 Å². The third-order valence-electron chi connectivity index (χ3n) is 3.17. The molecule has 6 heteroatoms. The first-order chi connectivity index (χ1) is 7.92. The zero-order valence-electron chi connectivity index (χ0n) is 8.69. The number of alkyl halides is 3. The van der Waals surface area contributed by atoms with E-state index < -0.39 is 17.3 Å². The summed E-state index contributed by atoms with van der Waals surface area (Å²) in [6, 6.07) is 3.85. The Labute approximate surface area is 95.0 Å². The molecule has 1 fully saturated rings. The number of fused-ring (bicyclic) bond motifs is 1. The zero-order chi connectivity index (χ0) is 12.3. The monoisotopic (exact) mass is 242 g/mol. The fourth-order valence-electron chi connectivity index (χ4n) is 2.05. The average molecular weight is 242 g/mol. The van der Waals surface area contributed by atoms with Crippen molar-refractivity contribution in [2.24, 2.45) is 0 Å². The van der Waals surface area contributed by atoms with Crippen molar-refractivity contribution in [2.75, 3.05) is 10.6 Å². The molecule has 2 N–H and O–H groups in total. The van der Waals surface area contributed by atoms with Crippen LogP contribution in [-0.4, -0.2) is 11.4 Å². The van der Waals surface area contributed by atoms with Gasteiger partial charge in [0.2, 0.25) is 5.91 Å². The summed E-state index contributed by atoms with van der Waals surface area (Å²) in [5, 5.41) is 5.26. The van der Waals surface area contributed by atoms with Gasteiger partial charge in [0.15, 0.2) is 0 Å². The third-order valence-corrected chi connectivity index (χ3v) is 3.17. The van der Waals surface area contributed by atoms with E-state index in [1.807, 2.05) is 0 Å². The molecule has 1 aromatic rings. The van der Waals surface area contributed by atoms with Crippen molar-refractivity contribution in [1.82, 2.24) is 0 Å². The van der Waals surface area contributed by atoms with E-state index in [4.69, 9.17) is 0 Å². The zero-order valence-corrected chi connectivity index (χ0v) is 8.69. The second-order valence-corrected chi connectivity index (χ2v) is 4.39. The van der Waals surface area contributed by atoms with Crippen molar-refractivity contribution in [3.05, 3.63) is 23.8 Å². The van der Waals surface area contributed by atoms with Crippen molar-refractivity contribution in [3.63, 3.8) is 0 Å². The van der Waals surface area contributed by atoms with Crippen LogP contribution in [0.25, 0.3) is 0 Å². The predicted molar refractivity (Wildman–Crippen MR) is 55.7 cm³/mol. The van der Waals surface area contributed by atoms with Crippen LogP contribution < -0.4 is 10.6 Å². The number of anilines is 2. The lowest BCUT2D eigenvalue weighted by molar-refractivity contribution is -0.137. The Morgan fingerprint density at radius 2 is 1.94 bits per heavy atom. The molecule has 0 atom stereocenters. The fourth-order valence-corrected chi connectivity index (χ4v) is 2.05. The highest BCUT2D eigenvalue weighted by Gasteiger charge is 2.53. The van der Waals surface area contributed by atoms with Gasteiger partial charge in [0.25, 0.3) is 0 Å². The Morgan fingerprint density at radius 1 is 1.24 bits per heavy atom. The number of halogens is 3. The van der Waals surface area contributed by atoms with E-state index >= 15 is 0 Å². The molecular formula is C11H9F3N2O. The molecule has 1 aliphatic carbocycles. The number of hydrogen-bond donors (Lipinski definition) is 2. The molecule has 0 unspecified atom stereocenters. The Hall–Kier alpha value is -1.72. The van der Waals surface area contributed by atoms with Crippen molar-refractivity contribution >= 4 is 17.3 Å². The van der Waals surface area contributed by atoms with E-state index in [0.29, 0.717) is 18.5 Å². The van der Waals surface area contributed by atoms with E-state index in [-0.39, 0.29) is 11.6 Å². The first-order valence-corrected chi connectivity index (χ1v) is 5.22. The molecule has 3 rings (SSSR count). The number of rotatable bonds is 0. The molecule has 1 spiro atoms. The second kappa shape index (κ2) is 2.94. The lowest BCUT2D eigenvalue weighted by atomic mass is 10.1. The van der Waals surface area contributed by atoms with E-state index in [0.717, 1.165) is 6.07 Å². The maximum atomic E-state index is 12.7. The average Bonchev–Trinajstić information content (AvgIpc) is 2.98. The molecule has 0 radical (unpaired) electrons. The summed E-state index contributed by atoms with van der Waals surface area (Å²) in [5.74, 6) is -0.373. The van der Waals surface area contributed by atoms with Crippen LogP contribution in [0, 0.1) is 0 Å². The normalized spacial score (nSPS) is 20.5. The molecule has 1 heterocycles. The topological polar surface area (TPSA) is 41.1 Å². The van der Waals surface area contributed by atoms with Crippen LogP contribution in [0.2, 0.25) is 0 Å². The Kier molecular flexibility index (Phi) is 1.80. The van der Waals surface area contributed by atoms with Crippen molar-refractivity contribution < 1.29 is 18.0 Å². The lowest BCUT2D eigenvalue weighted by Gasteiger charge is -2.28. The minimum absolute atomic E-state index is 0.164. The highest BCUT2D eigenvalue weighted by Crippen LogP contribution is 2.48. The van der Waals surface area contributed by atoms with Crippen LogP contribution in [0.3, 0.4) is 0 Å². The number of carbonyl (C=O) groups is 1. The van der Waals surface area contributed by atoms with Crippen molar-refractivity contribution in [2.45, 2.75) is 24.6 Å². The van der Waals surface area contributed by atoms with Gasteiger partial charge in [0.1, 0.15) is 5.54 Å². The lowest BCUT2D eigenvalue weighted by Crippen LogP contribution is -2.41. The molecule has 1 saturated carbocycles. The Bertz CT molecular complexity index is 506. The fraction of sp³-hybridized carbons (Fsp3) is 0.364. The van der Waals surface area contributed by atoms with E-state index in [9.17, 15) is 18.0 Å². The largest absolute Gasteiger partial charge is 0.418 e. The summed E-state index contributed by atoms with van der Waals surface area (Å²) in [7, 11) is 0. The van der Waals surface area contributed by atoms with Crippen LogP contribution in [0.5, 0.6) is 0 Å². The smallest absolute Gasteiger partial charge is 0.370 e. The summed E-state index contributed by atoms with van der Waals surface area (Å²) < 4.78 is 38.2. The molecule has 1 amide bonds. The second-order valence-electron chi connectivity index (χ2n) is 4.39. The van der Waals surface area contributed by atoms with Crippen LogP contribution in [0.1, 0.15) is 18.4 Å². The van der Waals surface area contributed by atoms with Gasteiger partial charge in [0, 0.05) is 0 Å². The standard InChI is InChI=1S/C11H9F3N2O/c12-11(13,14)6-2-1-3-7-8(6)15-9(17)10(16-7)4-5-10/h1-3,16H,4-5H2,(H,15,17). The maximum absolute atomic E-state index is 12.7. The summed E-state index contributed by atoms with van der Waals surface area (Å²) in [4.78, 5) is 11.7. The summed E-state index contributed by atoms with van der Waals surface area (Å²) in [5.41, 5.74) is -1.30. The Morgan fingerprint density at radius 3 is 2.53 bits per heavy atom. The molecule has 90 valence electrons. The van der Waals surface area contributed by atoms with E-state index in [1.54, 1.807) is 6.07 Å². The predicted octanol–water partition coefficient (Wildman–Crippen LogP) is 2.60. The van der Waals surface area contributed by atoms with E-state index in [1.165, 1.54) is 6.07 Å². The molecule has 3 nitrogen and oxygen atoms in total. The summed E-state index contributed by atoms with van der Waals surface area (Å²) in [6.07, 6.45) is -3.14. The van der Waals surface area contributed by atoms with Gasteiger partial charge in [-0.3, -0.25) is 4.79 Å². The quantitative estimate of drug-likeness (QED) is 0.734. The SMILES string of the molecule is O=C1Nc2c(cccc2C(F)(F)F)NC12CC2. The van der Waals surface area contributed by atoms with Gasteiger partial charge in [-0.2, -0.15) is 13.2 Å². The van der Waals surface area contributed by atoms with Gasteiger partial charge in [-0.1, -0.05) is 6.07 Å². The molecule has 0 bridgehead atoms. The highest BCUT2D eigenvalue weighted by molar-refractivity contribution is 6.08.